The smallest absolute Gasteiger partial charge is 0.306 e. The quantitative estimate of drug-likeness (QED) is 0.0968. The van der Waals surface area contributed by atoms with Crippen molar-refractivity contribution >= 4 is 58.3 Å². The van der Waals surface area contributed by atoms with Gasteiger partial charge in [0.2, 0.25) is 5.91 Å². The highest BCUT2D eigenvalue weighted by Crippen LogP contribution is 2.37. The number of rotatable bonds is 12. The molecule has 0 radical (unpaired) electrons. The van der Waals surface area contributed by atoms with Crippen LogP contribution in [0.3, 0.4) is 0 Å². The molecule has 15 heteroatoms. The summed E-state index contributed by atoms with van der Waals surface area (Å²) in [6.45, 7) is 1.36. The van der Waals surface area contributed by atoms with Gasteiger partial charge in [-0.25, -0.2) is 8.78 Å². The molecule has 1 aliphatic heterocycles. The molecule has 9 nitrogen and oxygen atoms in total. The Morgan fingerprint density at radius 1 is 0.746 bits per heavy atom. The van der Waals surface area contributed by atoms with E-state index in [2.05, 4.69) is 25.7 Å². The first-order valence-electron chi connectivity index (χ1n) is 21.2. The Hall–Kier alpha value is -4.78. The van der Waals surface area contributed by atoms with Gasteiger partial charge in [-0.1, -0.05) is 70.7 Å². The number of carboxylic acid groups (broad SMARTS) is 1. The van der Waals surface area contributed by atoms with Crippen molar-refractivity contribution in [1.82, 2.24) is 30.6 Å². The summed E-state index contributed by atoms with van der Waals surface area (Å²) in [7, 11) is 0. The van der Waals surface area contributed by atoms with Crippen LogP contribution in [0.5, 0.6) is 0 Å². The summed E-state index contributed by atoms with van der Waals surface area (Å²) >= 11 is 26.1. The third-order valence-corrected chi connectivity index (χ3v) is 14.0. The van der Waals surface area contributed by atoms with Crippen LogP contribution < -0.4 is 5.32 Å². The lowest BCUT2D eigenvalue weighted by atomic mass is 9.92. The van der Waals surface area contributed by atoms with Crippen molar-refractivity contribution in [3.05, 3.63) is 151 Å². The number of aromatic amines is 2. The Morgan fingerprint density at radius 3 is 1.83 bits per heavy atom. The second kappa shape index (κ2) is 19.9. The summed E-state index contributed by atoms with van der Waals surface area (Å²) in [5, 5.41) is 29.4. The number of nitrogens with zero attached hydrogens (tertiary/aromatic N) is 3. The van der Waals surface area contributed by atoms with Gasteiger partial charge in [0.1, 0.15) is 11.6 Å². The molecule has 3 aliphatic rings. The van der Waals surface area contributed by atoms with Crippen molar-refractivity contribution in [3.8, 4) is 22.3 Å². The van der Waals surface area contributed by atoms with E-state index in [1.165, 1.54) is 46.8 Å². The number of aliphatic carboxylic acids is 1. The molecule has 4 aromatic carbocycles. The SMILES string of the molecule is O=C(O)[C@@H](CCN[C@H]1CCc2[nH]ncc2C1)Cc1c(Cl)cc(-c2ccc(F)cc2)cc1Cl.O=C1[C@H](Cc2c(Cl)cc(-c3ccc(F)cc3)cc2Cl)CCN1[C@H]1CCc2[nH]ncc2C1. The van der Waals surface area contributed by atoms with Gasteiger partial charge in [-0.3, -0.25) is 19.8 Å². The highest BCUT2D eigenvalue weighted by atomic mass is 35.5. The van der Waals surface area contributed by atoms with E-state index in [0.29, 0.717) is 51.1 Å². The number of halogens is 6. The average Bonchev–Trinajstić information content (AvgIpc) is 4.03. The maximum absolute atomic E-state index is 13.2. The predicted octanol–water partition coefficient (Wildman–Crippen LogP) is 10.8. The normalized spacial score (nSPS) is 18.7. The first-order chi connectivity index (χ1) is 30.4. The molecule has 9 rings (SSSR count). The number of carboxylic acids is 1. The van der Waals surface area contributed by atoms with Crippen LogP contribution in [0, 0.1) is 23.5 Å². The van der Waals surface area contributed by atoms with Crippen molar-refractivity contribution < 1.29 is 23.5 Å². The second-order valence-corrected chi connectivity index (χ2v) is 18.3. The fraction of sp³-hybridized carbons (Fsp3) is 0.333. The molecule has 0 saturated carbocycles. The first-order valence-corrected chi connectivity index (χ1v) is 22.7. The number of aryl methyl sites for hydroxylation is 2. The molecule has 328 valence electrons. The lowest BCUT2D eigenvalue weighted by Gasteiger charge is -2.31. The van der Waals surface area contributed by atoms with Crippen LogP contribution in [0.25, 0.3) is 22.3 Å². The minimum absolute atomic E-state index is 0.114. The van der Waals surface area contributed by atoms with E-state index in [9.17, 15) is 23.5 Å². The number of benzene rings is 4. The fourth-order valence-corrected chi connectivity index (χ4v) is 10.3. The number of carbonyl (C=O) groups excluding carboxylic acids is 1. The Balaban J connectivity index is 0.000000173. The molecule has 4 N–H and O–H groups in total. The maximum Gasteiger partial charge on any atom is 0.306 e. The van der Waals surface area contributed by atoms with Gasteiger partial charge in [0.15, 0.2) is 0 Å². The Kier molecular flexibility index (Phi) is 14.2. The van der Waals surface area contributed by atoms with Gasteiger partial charge in [-0.2, -0.15) is 10.2 Å². The number of likely N-dealkylation sites (tertiary alicyclic amines) is 1. The van der Waals surface area contributed by atoms with Gasteiger partial charge in [0.05, 0.1) is 18.3 Å². The highest BCUT2D eigenvalue weighted by molar-refractivity contribution is 6.37. The van der Waals surface area contributed by atoms with Gasteiger partial charge in [0, 0.05) is 56.0 Å². The number of fused-ring (bicyclic) bond motifs is 2. The van der Waals surface area contributed by atoms with Gasteiger partial charge < -0.3 is 15.3 Å². The van der Waals surface area contributed by atoms with E-state index < -0.39 is 11.9 Å². The number of hydrogen-bond donors (Lipinski definition) is 4. The van der Waals surface area contributed by atoms with Crippen LogP contribution in [0.15, 0.2) is 85.2 Å². The minimum atomic E-state index is -0.873. The van der Waals surface area contributed by atoms with Crippen molar-refractivity contribution in [2.75, 3.05) is 13.1 Å². The summed E-state index contributed by atoms with van der Waals surface area (Å²) in [6.07, 6.45) is 11.4. The van der Waals surface area contributed by atoms with Gasteiger partial charge in [0.25, 0.3) is 0 Å². The number of hydrogen-bond acceptors (Lipinski definition) is 5. The number of amides is 1. The van der Waals surface area contributed by atoms with E-state index >= 15 is 0 Å². The van der Waals surface area contributed by atoms with Gasteiger partial charge in [-0.15, -0.1) is 0 Å². The van der Waals surface area contributed by atoms with Gasteiger partial charge >= 0.3 is 5.97 Å². The lowest BCUT2D eigenvalue weighted by Crippen LogP contribution is -2.41. The summed E-state index contributed by atoms with van der Waals surface area (Å²) in [5.74, 6) is -2.02. The third kappa shape index (κ3) is 10.6. The zero-order chi connectivity index (χ0) is 44.2. The van der Waals surface area contributed by atoms with Crippen LogP contribution in [-0.4, -0.2) is 67.5 Å². The Morgan fingerprint density at radius 2 is 1.27 bits per heavy atom. The zero-order valence-corrected chi connectivity index (χ0v) is 37.3. The lowest BCUT2D eigenvalue weighted by molar-refractivity contribution is -0.142. The minimum Gasteiger partial charge on any atom is -0.481 e. The highest BCUT2D eigenvalue weighted by Gasteiger charge is 2.38. The number of H-pyrrole nitrogens is 2. The molecular weight excluding hydrogens is 888 g/mol. The number of carbonyl (C=O) groups is 2. The molecule has 1 amide bonds. The number of aromatic nitrogens is 4. The van der Waals surface area contributed by atoms with Crippen molar-refractivity contribution in [1.29, 1.82) is 0 Å². The average molecular weight is 935 g/mol. The van der Waals surface area contributed by atoms with Crippen LogP contribution >= 0.6 is 46.4 Å². The molecule has 0 unspecified atom stereocenters. The summed E-state index contributed by atoms with van der Waals surface area (Å²) in [6, 6.07) is 20.0. The van der Waals surface area contributed by atoms with Crippen molar-refractivity contribution in [2.45, 2.75) is 76.3 Å². The standard InChI is InChI=1S/C24H24Cl2FN3O2.C24H22Cl2FN3O/c25-21-11-16(14-1-3-18(27)4-2-14)12-22(26)20(21)10-15(24(31)32)7-8-28-19-5-6-23-17(9-19)13-29-30-23;25-21-11-16(14-1-3-18(27)4-2-14)12-22(26)20(21)10-15-7-8-30(24(15)31)19-5-6-23-17(9-19)13-28-29-23/h1-4,11-13,15,19,28H,5-10H2,(H,29,30)(H,31,32);1-4,11-13,15,19H,5-10H2,(H,28,29)/t2*15-,19-/m00/s1. The molecule has 3 heterocycles. The van der Waals surface area contributed by atoms with Crippen molar-refractivity contribution in [3.63, 3.8) is 0 Å². The number of nitrogens with one attached hydrogen (secondary N) is 3. The van der Waals surface area contributed by atoms with Crippen LogP contribution in [0.4, 0.5) is 8.78 Å². The zero-order valence-electron chi connectivity index (χ0n) is 34.3. The summed E-state index contributed by atoms with van der Waals surface area (Å²) < 4.78 is 26.4. The van der Waals surface area contributed by atoms with Crippen LogP contribution in [0.1, 0.15) is 59.3 Å². The van der Waals surface area contributed by atoms with Crippen LogP contribution in [-0.2, 0) is 48.1 Å². The predicted molar refractivity (Wildman–Crippen MR) is 243 cm³/mol. The first kappa shape index (κ1) is 44.8. The monoisotopic (exact) mass is 932 g/mol. The molecule has 4 atom stereocenters. The topological polar surface area (TPSA) is 127 Å². The van der Waals surface area contributed by atoms with Crippen LogP contribution in [0.2, 0.25) is 20.1 Å². The van der Waals surface area contributed by atoms with E-state index in [4.69, 9.17) is 46.4 Å². The van der Waals surface area contributed by atoms with E-state index in [1.807, 2.05) is 29.4 Å². The van der Waals surface area contributed by atoms with Crippen molar-refractivity contribution in [2.24, 2.45) is 11.8 Å². The second-order valence-electron chi connectivity index (χ2n) is 16.6. The molecule has 0 bridgehead atoms. The third-order valence-electron chi connectivity index (χ3n) is 12.6. The molecule has 2 aromatic heterocycles. The van der Waals surface area contributed by atoms with Gasteiger partial charge in [-0.05, 0) is 164 Å². The summed E-state index contributed by atoms with van der Waals surface area (Å²) in [4.78, 5) is 27.1. The van der Waals surface area contributed by atoms with E-state index in [0.717, 1.165) is 79.3 Å². The molecule has 0 spiro atoms. The molecule has 63 heavy (non-hydrogen) atoms. The molecule has 6 aromatic rings. The largest absolute Gasteiger partial charge is 0.481 e. The maximum atomic E-state index is 13.2. The Bertz CT molecular complexity index is 2540. The summed E-state index contributed by atoms with van der Waals surface area (Å²) in [5.41, 5.74) is 9.47. The molecular formula is C48H46Cl4F2N6O3. The molecule has 1 fully saturated rings. The molecule has 1 saturated heterocycles. The molecule has 2 aliphatic carbocycles. The fourth-order valence-electron chi connectivity index (χ4n) is 9.05. The Labute approximate surface area is 384 Å². The van der Waals surface area contributed by atoms with E-state index in [-0.39, 0.29) is 35.9 Å². The van der Waals surface area contributed by atoms with E-state index in [1.54, 1.807) is 36.4 Å².